The van der Waals surface area contributed by atoms with Gasteiger partial charge in [-0.3, -0.25) is 4.72 Å². The third kappa shape index (κ3) is 4.90. The van der Waals surface area contributed by atoms with Crippen molar-refractivity contribution < 1.29 is 31.4 Å². The van der Waals surface area contributed by atoms with Crippen LogP contribution in [0.3, 0.4) is 0 Å². The fourth-order valence-corrected chi connectivity index (χ4v) is 5.30. The molecule has 1 aliphatic carbocycles. The summed E-state index contributed by atoms with van der Waals surface area (Å²) in [7, 11) is -4.15. The summed E-state index contributed by atoms with van der Waals surface area (Å²) in [4.78, 5) is 0. The fraction of sp³-hybridized carbons (Fsp3) is 0.455. The number of aliphatic hydroxyl groups excluding tert-OH is 1. The SMILES string of the molecule is CC.Cc1ccc(Nc2c(F)c(F)cc3c2NS(=O)(=O)C2(CC2)CC(O)C(N)CO3)c(F)c1. The maximum absolute atomic E-state index is 14.8. The van der Waals surface area contributed by atoms with Gasteiger partial charge in [-0.1, -0.05) is 19.9 Å². The molecule has 0 bridgehead atoms. The molecule has 0 aromatic heterocycles. The second kappa shape index (κ2) is 9.40. The number of fused-ring (bicyclic) bond motifs is 1. The Morgan fingerprint density at radius 2 is 1.85 bits per heavy atom. The van der Waals surface area contributed by atoms with Gasteiger partial charge < -0.3 is 20.9 Å². The van der Waals surface area contributed by atoms with Crippen molar-refractivity contribution in [2.45, 2.75) is 56.9 Å². The lowest BCUT2D eigenvalue weighted by molar-refractivity contribution is 0.105. The van der Waals surface area contributed by atoms with E-state index in [1.165, 1.54) is 12.1 Å². The average Bonchev–Trinajstić information content (AvgIpc) is 3.55. The Balaban J connectivity index is 0.00000149. The van der Waals surface area contributed by atoms with Crippen LogP contribution in [0.25, 0.3) is 0 Å². The lowest BCUT2D eigenvalue weighted by Crippen LogP contribution is -2.45. The van der Waals surface area contributed by atoms with Crippen LogP contribution in [0.5, 0.6) is 5.75 Å². The molecule has 4 rings (SSSR count). The standard InChI is InChI=1S/C20H22F3N3O4S.C2H6/c1-10-2-3-14(11(21)6-10)25-19-17(23)12(22)7-16-18(19)26-31(28,29)20(4-5-20)8-15(27)13(24)9-30-16;1-2/h2-3,6-7,13,15,25-27H,4-5,8-9,24H2,1H3;1-2H3. The van der Waals surface area contributed by atoms with Gasteiger partial charge in [0.1, 0.15) is 29.5 Å². The molecule has 1 heterocycles. The highest BCUT2D eigenvalue weighted by Gasteiger charge is 2.56. The molecule has 1 fully saturated rings. The quantitative estimate of drug-likeness (QED) is 0.511. The summed E-state index contributed by atoms with van der Waals surface area (Å²) < 4.78 is 76.1. The molecule has 7 nitrogen and oxygen atoms in total. The first-order valence-corrected chi connectivity index (χ1v) is 12.2. The number of rotatable bonds is 2. The van der Waals surface area contributed by atoms with E-state index in [9.17, 15) is 26.7 Å². The van der Waals surface area contributed by atoms with Crippen molar-refractivity contribution in [3.8, 4) is 5.75 Å². The van der Waals surface area contributed by atoms with Gasteiger partial charge in [-0.15, -0.1) is 0 Å². The molecule has 2 aromatic rings. The molecule has 33 heavy (non-hydrogen) atoms. The summed E-state index contributed by atoms with van der Waals surface area (Å²) in [5, 5.41) is 12.7. The summed E-state index contributed by atoms with van der Waals surface area (Å²) in [6.07, 6.45) is -0.727. The summed E-state index contributed by atoms with van der Waals surface area (Å²) in [5.74, 6) is -3.81. The van der Waals surface area contributed by atoms with E-state index in [1.807, 2.05) is 13.8 Å². The van der Waals surface area contributed by atoms with Crippen LogP contribution >= 0.6 is 0 Å². The molecule has 5 N–H and O–H groups in total. The van der Waals surface area contributed by atoms with Crippen molar-refractivity contribution in [3.63, 3.8) is 0 Å². The van der Waals surface area contributed by atoms with Gasteiger partial charge in [0.05, 0.1) is 22.6 Å². The van der Waals surface area contributed by atoms with E-state index in [0.29, 0.717) is 11.6 Å². The summed E-state index contributed by atoms with van der Waals surface area (Å²) in [5.41, 5.74) is 5.32. The van der Waals surface area contributed by atoms with Crippen LogP contribution in [0.1, 0.15) is 38.7 Å². The largest absolute Gasteiger partial charge is 0.489 e. The zero-order valence-corrected chi connectivity index (χ0v) is 19.4. The molecule has 2 atom stereocenters. The number of benzene rings is 2. The molecule has 0 saturated heterocycles. The second-order valence-corrected chi connectivity index (χ2v) is 10.1. The van der Waals surface area contributed by atoms with E-state index in [2.05, 4.69) is 10.0 Å². The molecular weight excluding hydrogens is 459 g/mol. The molecule has 0 radical (unpaired) electrons. The van der Waals surface area contributed by atoms with Crippen LogP contribution in [-0.4, -0.2) is 37.0 Å². The monoisotopic (exact) mass is 487 g/mol. The topological polar surface area (TPSA) is 114 Å². The number of sulfonamides is 1. The lowest BCUT2D eigenvalue weighted by Gasteiger charge is -2.28. The highest BCUT2D eigenvalue weighted by Crippen LogP contribution is 2.50. The number of nitrogens with two attached hydrogens (primary N) is 1. The molecule has 2 aliphatic rings. The zero-order chi connectivity index (χ0) is 24.6. The molecule has 182 valence electrons. The van der Waals surface area contributed by atoms with E-state index in [1.54, 1.807) is 13.0 Å². The number of anilines is 3. The Bertz CT molecular complexity index is 1140. The first kappa shape index (κ1) is 25.1. The normalized spacial score (nSPS) is 22.7. The van der Waals surface area contributed by atoms with Crippen LogP contribution in [0.2, 0.25) is 0 Å². The van der Waals surface area contributed by atoms with Crippen LogP contribution in [0.15, 0.2) is 24.3 Å². The van der Waals surface area contributed by atoms with Gasteiger partial charge in [0.2, 0.25) is 10.0 Å². The Labute approximate surface area is 191 Å². The molecule has 0 amide bonds. The van der Waals surface area contributed by atoms with Crippen LogP contribution in [0, 0.1) is 24.4 Å². The van der Waals surface area contributed by atoms with Crippen molar-refractivity contribution in [1.82, 2.24) is 0 Å². The van der Waals surface area contributed by atoms with Crippen molar-refractivity contribution in [1.29, 1.82) is 0 Å². The van der Waals surface area contributed by atoms with Gasteiger partial charge in [-0.2, -0.15) is 0 Å². The number of aryl methyl sites for hydroxylation is 1. The van der Waals surface area contributed by atoms with Crippen LogP contribution in [-0.2, 0) is 10.0 Å². The average molecular weight is 488 g/mol. The molecule has 1 spiro atoms. The van der Waals surface area contributed by atoms with Gasteiger partial charge in [0, 0.05) is 6.07 Å². The van der Waals surface area contributed by atoms with E-state index >= 15 is 0 Å². The Morgan fingerprint density at radius 3 is 2.45 bits per heavy atom. The van der Waals surface area contributed by atoms with Crippen LogP contribution in [0.4, 0.5) is 30.2 Å². The molecule has 2 unspecified atom stereocenters. The number of hydrogen-bond donors (Lipinski definition) is 4. The Hall–Kier alpha value is -2.50. The number of aliphatic hydroxyl groups is 1. The Morgan fingerprint density at radius 1 is 1.18 bits per heavy atom. The highest BCUT2D eigenvalue weighted by molar-refractivity contribution is 7.94. The number of hydrogen-bond acceptors (Lipinski definition) is 6. The molecular formula is C22H28F3N3O4S. The summed E-state index contributed by atoms with van der Waals surface area (Å²) in [6.45, 7) is 5.39. The predicted octanol–water partition coefficient (Wildman–Crippen LogP) is 3.93. The summed E-state index contributed by atoms with van der Waals surface area (Å²) >= 11 is 0. The van der Waals surface area contributed by atoms with Gasteiger partial charge in [0.15, 0.2) is 11.6 Å². The van der Waals surface area contributed by atoms with Crippen molar-refractivity contribution in [2.75, 3.05) is 16.6 Å². The summed E-state index contributed by atoms with van der Waals surface area (Å²) in [6, 6.07) is 3.81. The third-order valence-corrected chi connectivity index (χ3v) is 7.88. The van der Waals surface area contributed by atoms with E-state index in [4.69, 9.17) is 10.5 Å². The molecule has 1 saturated carbocycles. The first-order chi connectivity index (χ1) is 15.5. The Kier molecular flexibility index (Phi) is 7.15. The van der Waals surface area contributed by atoms with Crippen LogP contribution < -0.4 is 20.5 Å². The minimum absolute atomic E-state index is 0.124. The predicted molar refractivity (Wildman–Crippen MR) is 121 cm³/mol. The zero-order valence-electron chi connectivity index (χ0n) is 18.6. The first-order valence-electron chi connectivity index (χ1n) is 10.7. The fourth-order valence-electron chi connectivity index (χ4n) is 3.59. The third-order valence-electron chi connectivity index (χ3n) is 5.69. The van der Waals surface area contributed by atoms with Crippen molar-refractivity contribution in [2.24, 2.45) is 5.73 Å². The van der Waals surface area contributed by atoms with E-state index in [-0.39, 0.29) is 37.3 Å². The van der Waals surface area contributed by atoms with Crippen molar-refractivity contribution >= 4 is 27.1 Å². The number of ether oxygens (including phenoxy) is 1. The number of nitrogens with one attached hydrogen (secondary N) is 2. The number of halogens is 3. The molecule has 11 heteroatoms. The highest BCUT2D eigenvalue weighted by atomic mass is 32.2. The lowest BCUT2D eigenvalue weighted by atomic mass is 10.1. The minimum atomic E-state index is -4.15. The second-order valence-electron chi connectivity index (χ2n) is 8.06. The minimum Gasteiger partial charge on any atom is -0.489 e. The smallest absolute Gasteiger partial charge is 0.238 e. The molecule has 2 aromatic carbocycles. The molecule has 1 aliphatic heterocycles. The van der Waals surface area contributed by atoms with E-state index in [0.717, 1.165) is 0 Å². The van der Waals surface area contributed by atoms with Crippen molar-refractivity contribution in [3.05, 3.63) is 47.3 Å². The van der Waals surface area contributed by atoms with Gasteiger partial charge in [0.25, 0.3) is 0 Å². The van der Waals surface area contributed by atoms with Gasteiger partial charge in [-0.05, 0) is 43.9 Å². The van der Waals surface area contributed by atoms with Gasteiger partial charge in [-0.25, -0.2) is 21.6 Å². The van der Waals surface area contributed by atoms with E-state index < -0.39 is 55.7 Å². The maximum atomic E-state index is 14.8. The maximum Gasteiger partial charge on any atom is 0.238 e. The van der Waals surface area contributed by atoms with Gasteiger partial charge >= 0.3 is 0 Å².